The van der Waals surface area contributed by atoms with Crippen molar-refractivity contribution in [3.8, 4) is 5.69 Å². The minimum Gasteiger partial charge on any atom is -0.385 e. The molecule has 0 N–H and O–H groups in total. The van der Waals surface area contributed by atoms with Crippen LogP contribution in [0.4, 0.5) is 0 Å². The lowest BCUT2D eigenvalue weighted by atomic mass is 10.3. The number of imidazole rings is 1. The van der Waals surface area contributed by atoms with Gasteiger partial charge in [0.1, 0.15) is 0 Å². The first-order valence-electron chi connectivity index (χ1n) is 7.50. The van der Waals surface area contributed by atoms with Crippen LogP contribution in [0.1, 0.15) is 32.0 Å². The van der Waals surface area contributed by atoms with Gasteiger partial charge in [-0.3, -0.25) is 9.56 Å². The predicted molar refractivity (Wildman–Crippen MR) is 85.8 cm³/mol. The second-order valence-electron chi connectivity index (χ2n) is 5.47. The van der Waals surface area contributed by atoms with Gasteiger partial charge in [-0.25, -0.2) is 0 Å². The fourth-order valence-corrected chi connectivity index (χ4v) is 2.41. The highest BCUT2D eigenvalue weighted by Crippen LogP contribution is 2.11. The fourth-order valence-electron chi connectivity index (χ4n) is 2.41. The van der Waals surface area contributed by atoms with E-state index in [0.29, 0.717) is 6.04 Å². The zero-order valence-corrected chi connectivity index (χ0v) is 13.4. The number of ether oxygens (including phenoxy) is 1. The van der Waals surface area contributed by atoms with Crippen molar-refractivity contribution in [1.29, 1.82) is 0 Å². The van der Waals surface area contributed by atoms with Crippen LogP contribution in [0.2, 0.25) is 0 Å². The smallest absolute Gasteiger partial charge is 0.210 e. The Bertz CT molecular complexity index is 623. The molecule has 0 atom stereocenters. The summed E-state index contributed by atoms with van der Waals surface area (Å²) in [4.78, 5) is 4.81. The number of nitrogens with zero attached hydrogens (tertiary/aromatic N) is 3. The Labute approximate surface area is 126 Å². The van der Waals surface area contributed by atoms with Gasteiger partial charge in [-0.15, -0.1) is 0 Å². The van der Waals surface area contributed by atoms with E-state index < -0.39 is 0 Å². The van der Waals surface area contributed by atoms with Gasteiger partial charge in [0.2, 0.25) is 5.62 Å². The summed E-state index contributed by atoms with van der Waals surface area (Å²) in [5.41, 5.74) is 3.35. The summed E-state index contributed by atoms with van der Waals surface area (Å²) in [7, 11) is 1.73. The van der Waals surface area contributed by atoms with Crippen molar-refractivity contribution in [2.45, 2.75) is 33.2 Å². The molecule has 0 spiro atoms. The van der Waals surface area contributed by atoms with Crippen LogP contribution in [-0.2, 0) is 4.74 Å². The van der Waals surface area contributed by atoms with Gasteiger partial charge < -0.3 is 9.30 Å². The van der Waals surface area contributed by atoms with Crippen molar-refractivity contribution < 1.29 is 4.74 Å². The molecule has 0 saturated heterocycles. The molecule has 1 aromatic carbocycles. The third-order valence-corrected chi connectivity index (χ3v) is 3.44. The minimum atomic E-state index is 0.384. The lowest BCUT2D eigenvalue weighted by Crippen LogP contribution is -2.27. The van der Waals surface area contributed by atoms with Crippen LogP contribution in [0.3, 0.4) is 0 Å². The zero-order chi connectivity index (χ0) is 15.2. The first-order valence-corrected chi connectivity index (χ1v) is 7.50. The van der Waals surface area contributed by atoms with E-state index in [1.165, 1.54) is 5.69 Å². The number of para-hydroxylation sites is 1. The molecule has 114 valence electrons. The van der Waals surface area contributed by atoms with Crippen molar-refractivity contribution in [2.24, 2.45) is 4.99 Å². The standard InChI is InChI=1S/C17H25N3O/c1-14(2)19-13-15(3)20(16-9-6-5-7-10-16)17(19)18-11-8-12-21-4/h5-7,9-10,13-14H,8,11-12H2,1-4H3. The quantitative estimate of drug-likeness (QED) is 0.751. The summed E-state index contributed by atoms with van der Waals surface area (Å²) in [6, 6.07) is 10.8. The van der Waals surface area contributed by atoms with Crippen molar-refractivity contribution in [2.75, 3.05) is 20.3 Å². The third-order valence-electron chi connectivity index (χ3n) is 3.44. The Balaban J connectivity index is 2.48. The van der Waals surface area contributed by atoms with Gasteiger partial charge >= 0.3 is 0 Å². The van der Waals surface area contributed by atoms with Crippen LogP contribution in [0.15, 0.2) is 41.5 Å². The van der Waals surface area contributed by atoms with Gasteiger partial charge in [0.05, 0.1) is 0 Å². The Kier molecular flexibility index (Phi) is 5.39. The van der Waals surface area contributed by atoms with E-state index in [1.54, 1.807) is 7.11 Å². The number of hydrogen-bond acceptors (Lipinski definition) is 2. The van der Waals surface area contributed by atoms with Gasteiger partial charge in [-0.1, -0.05) is 18.2 Å². The summed E-state index contributed by atoms with van der Waals surface area (Å²) in [5, 5.41) is 0. The molecule has 0 unspecified atom stereocenters. The van der Waals surface area contributed by atoms with Crippen LogP contribution in [-0.4, -0.2) is 29.4 Å². The molecule has 1 aromatic heterocycles. The molecule has 0 aliphatic carbocycles. The summed E-state index contributed by atoms with van der Waals surface area (Å²) in [5.74, 6) is 0. The highest BCUT2D eigenvalue weighted by Gasteiger charge is 2.10. The minimum absolute atomic E-state index is 0.384. The number of hydrogen-bond donors (Lipinski definition) is 0. The van der Waals surface area contributed by atoms with Crippen LogP contribution in [0, 0.1) is 6.92 Å². The van der Waals surface area contributed by atoms with Crippen molar-refractivity contribution in [3.63, 3.8) is 0 Å². The average molecular weight is 287 g/mol. The average Bonchev–Trinajstić information content (AvgIpc) is 2.81. The van der Waals surface area contributed by atoms with Crippen molar-refractivity contribution >= 4 is 0 Å². The van der Waals surface area contributed by atoms with E-state index in [2.05, 4.69) is 60.4 Å². The number of aryl methyl sites for hydroxylation is 1. The molecule has 0 fully saturated rings. The molecule has 0 saturated carbocycles. The lowest BCUT2D eigenvalue weighted by molar-refractivity contribution is 0.196. The number of aromatic nitrogens is 2. The van der Waals surface area contributed by atoms with Gasteiger partial charge in [0.25, 0.3) is 0 Å². The maximum atomic E-state index is 5.10. The largest absolute Gasteiger partial charge is 0.385 e. The van der Waals surface area contributed by atoms with Gasteiger partial charge in [0, 0.05) is 43.9 Å². The first-order chi connectivity index (χ1) is 10.1. The second-order valence-corrected chi connectivity index (χ2v) is 5.47. The molecule has 0 aliphatic heterocycles. The first kappa shape index (κ1) is 15.6. The van der Waals surface area contributed by atoms with Crippen molar-refractivity contribution in [3.05, 3.63) is 47.8 Å². The topological polar surface area (TPSA) is 31.4 Å². The Morgan fingerprint density at radius 1 is 1.19 bits per heavy atom. The van der Waals surface area contributed by atoms with E-state index in [9.17, 15) is 0 Å². The molecular weight excluding hydrogens is 262 g/mol. The van der Waals surface area contributed by atoms with Crippen LogP contribution in [0.25, 0.3) is 5.69 Å². The third kappa shape index (κ3) is 3.64. The van der Waals surface area contributed by atoms with Gasteiger partial charge in [0.15, 0.2) is 0 Å². The van der Waals surface area contributed by atoms with Crippen LogP contribution < -0.4 is 5.62 Å². The highest BCUT2D eigenvalue weighted by atomic mass is 16.5. The Morgan fingerprint density at radius 3 is 2.52 bits per heavy atom. The van der Waals surface area contributed by atoms with E-state index in [4.69, 9.17) is 9.73 Å². The molecule has 2 rings (SSSR count). The number of methoxy groups -OCH3 is 1. The Hall–Kier alpha value is -1.81. The van der Waals surface area contributed by atoms with Gasteiger partial charge in [-0.05, 0) is 39.3 Å². The van der Waals surface area contributed by atoms with Crippen LogP contribution in [0.5, 0.6) is 0 Å². The maximum Gasteiger partial charge on any atom is 0.210 e. The second kappa shape index (κ2) is 7.27. The fraction of sp³-hybridized carbons (Fsp3) is 0.471. The summed E-state index contributed by atoms with van der Waals surface area (Å²) < 4.78 is 9.55. The van der Waals surface area contributed by atoms with E-state index in [1.807, 2.05) is 6.07 Å². The summed E-state index contributed by atoms with van der Waals surface area (Å²) in [6.07, 6.45) is 3.11. The molecule has 2 aromatic rings. The van der Waals surface area contributed by atoms with Crippen LogP contribution >= 0.6 is 0 Å². The molecular formula is C17H25N3O. The molecule has 1 heterocycles. The molecule has 0 bridgehead atoms. The number of benzene rings is 1. The molecule has 4 nitrogen and oxygen atoms in total. The molecule has 0 amide bonds. The van der Waals surface area contributed by atoms with Gasteiger partial charge in [-0.2, -0.15) is 0 Å². The monoisotopic (exact) mass is 287 g/mol. The summed E-state index contributed by atoms with van der Waals surface area (Å²) >= 11 is 0. The molecule has 0 radical (unpaired) electrons. The normalized spacial score (nSPS) is 12.3. The number of rotatable bonds is 6. The molecule has 4 heteroatoms. The van der Waals surface area contributed by atoms with E-state index in [0.717, 1.165) is 30.9 Å². The molecule has 0 aliphatic rings. The molecule has 21 heavy (non-hydrogen) atoms. The summed E-state index contributed by atoms with van der Waals surface area (Å²) in [6.45, 7) is 8.01. The Morgan fingerprint density at radius 2 is 1.90 bits per heavy atom. The lowest BCUT2D eigenvalue weighted by Gasteiger charge is -2.09. The highest BCUT2D eigenvalue weighted by molar-refractivity contribution is 5.33. The van der Waals surface area contributed by atoms with Crippen molar-refractivity contribution in [1.82, 2.24) is 9.13 Å². The van der Waals surface area contributed by atoms with E-state index >= 15 is 0 Å². The van der Waals surface area contributed by atoms with E-state index in [-0.39, 0.29) is 0 Å². The zero-order valence-electron chi connectivity index (χ0n) is 13.4. The SMILES string of the molecule is COCCCN=c1n(C(C)C)cc(C)n1-c1ccccc1. The maximum absolute atomic E-state index is 5.10. The predicted octanol–water partition coefficient (Wildman–Crippen LogP) is 3.11.